The summed E-state index contributed by atoms with van der Waals surface area (Å²) < 4.78 is 26.1. The van der Waals surface area contributed by atoms with Gasteiger partial charge in [0.05, 0.1) is 5.56 Å². The van der Waals surface area contributed by atoms with Gasteiger partial charge in [-0.15, -0.1) is 0 Å². The number of hydrogen-bond donors (Lipinski definition) is 0. The van der Waals surface area contributed by atoms with Gasteiger partial charge in [-0.3, -0.25) is 4.79 Å². The first-order valence-corrected chi connectivity index (χ1v) is 5.13. The van der Waals surface area contributed by atoms with Crippen molar-refractivity contribution in [2.24, 2.45) is 0 Å². The number of hydrogen-bond acceptors (Lipinski definition) is 1. The molecule has 0 aromatic heterocycles. The van der Waals surface area contributed by atoms with Gasteiger partial charge in [0, 0.05) is 0 Å². The molecule has 0 unspecified atom stereocenters. The van der Waals surface area contributed by atoms with Crippen molar-refractivity contribution in [1.29, 1.82) is 0 Å². The maximum Gasteiger partial charge on any atom is 0.153 e. The lowest BCUT2D eigenvalue weighted by atomic mass is 9.99. The molecule has 0 radical (unpaired) electrons. The van der Waals surface area contributed by atoms with Crippen molar-refractivity contribution < 1.29 is 13.6 Å². The third-order valence-corrected chi connectivity index (χ3v) is 2.62. The third-order valence-electron chi connectivity index (χ3n) is 2.62. The molecule has 86 valence electrons. The number of rotatable bonds is 2. The summed E-state index contributed by atoms with van der Waals surface area (Å²) in [5.41, 5.74) is 2.24. The zero-order chi connectivity index (χ0) is 12.4. The summed E-state index contributed by atoms with van der Waals surface area (Å²) in [6, 6.07) is 8.63. The van der Waals surface area contributed by atoms with E-state index in [1.165, 1.54) is 24.3 Å². The highest BCUT2D eigenvalue weighted by Gasteiger charge is 2.07. The zero-order valence-electron chi connectivity index (χ0n) is 9.21. The summed E-state index contributed by atoms with van der Waals surface area (Å²) in [6.45, 7) is 1.77. The second-order valence-corrected chi connectivity index (χ2v) is 3.81. The molecule has 0 fully saturated rings. The molecule has 2 aromatic rings. The molecular formula is C14H10F2O. The van der Waals surface area contributed by atoms with E-state index in [-0.39, 0.29) is 11.4 Å². The van der Waals surface area contributed by atoms with E-state index in [1.54, 1.807) is 19.1 Å². The van der Waals surface area contributed by atoms with E-state index in [4.69, 9.17) is 0 Å². The van der Waals surface area contributed by atoms with Crippen molar-refractivity contribution in [2.75, 3.05) is 0 Å². The average molecular weight is 232 g/mol. The van der Waals surface area contributed by atoms with Gasteiger partial charge in [0.2, 0.25) is 0 Å². The quantitative estimate of drug-likeness (QED) is 0.720. The number of aldehydes is 1. The summed E-state index contributed by atoms with van der Waals surface area (Å²) in [5.74, 6) is -0.868. The Bertz CT molecular complexity index is 576. The number of halogens is 2. The van der Waals surface area contributed by atoms with Gasteiger partial charge >= 0.3 is 0 Å². The van der Waals surface area contributed by atoms with Gasteiger partial charge in [0.25, 0.3) is 0 Å². The lowest BCUT2D eigenvalue weighted by Gasteiger charge is -2.07. The summed E-state index contributed by atoms with van der Waals surface area (Å²) in [6.07, 6.45) is 0.470. The Kier molecular flexibility index (Phi) is 3.00. The standard InChI is InChI=1S/C14H10F2O/c1-9-6-12(15)3-4-13(9)10-2-5-14(16)11(7-10)8-17/h2-8H,1H3. The maximum atomic E-state index is 13.2. The van der Waals surface area contributed by atoms with Crippen LogP contribution in [0, 0.1) is 18.6 Å². The van der Waals surface area contributed by atoms with E-state index in [1.807, 2.05) is 0 Å². The molecule has 0 spiro atoms. The number of carbonyl (C=O) groups is 1. The summed E-state index contributed by atoms with van der Waals surface area (Å²) in [7, 11) is 0. The number of benzene rings is 2. The van der Waals surface area contributed by atoms with Gasteiger partial charge in [0.1, 0.15) is 11.6 Å². The molecule has 0 aliphatic heterocycles. The van der Waals surface area contributed by atoms with E-state index in [0.29, 0.717) is 11.8 Å². The monoisotopic (exact) mass is 232 g/mol. The second kappa shape index (κ2) is 4.45. The summed E-state index contributed by atoms with van der Waals surface area (Å²) in [4.78, 5) is 10.6. The third kappa shape index (κ3) is 2.23. The van der Waals surface area contributed by atoms with Crippen molar-refractivity contribution in [3.63, 3.8) is 0 Å². The molecule has 0 N–H and O–H groups in total. The molecule has 0 saturated heterocycles. The Morgan fingerprint density at radius 2 is 1.82 bits per heavy atom. The fourth-order valence-electron chi connectivity index (χ4n) is 1.75. The van der Waals surface area contributed by atoms with Gasteiger partial charge < -0.3 is 0 Å². The van der Waals surface area contributed by atoms with Crippen LogP contribution in [0.4, 0.5) is 8.78 Å². The highest BCUT2D eigenvalue weighted by molar-refractivity contribution is 5.80. The van der Waals surface area contributed by atoms with Gasteiger partial charge in [-0.2, -0.15) is 0 Å². The van der Waals surface area contributed by atoms with E-state index >= 15 is 0 Å². The normalized spacial score (nSPS) is 10.3. The number of aryl methyl sites for hydroxylation is 1. The molecule has 2 rings (SSSR count). The van der Waals surface area contributed by atoms with Crippen LogP contribution in [0.15, 0.2) is 36.4 Å². The first-order chi connectivity index (χ1) is 8.11. The molecule has 0 amide bonds. The van der Waals surface area contributed by atoms with Crippen LogP contribution in [0.1, 0.15) is 15.9 Å². The second-order valence-electron chi connectivity index (χ2n) is 3.81. The minimum atomic E-state index is -0.552. The molecule has 0 saturated carbocycles. The molecule has 0 aliphatic rings. The van der Waals surface area contributed by atoms with Gasteiger partial charge in [-0.25, -0.2) is 8.78 Å². The topological polar surface area (TPSA) is 17.1 Å². The van der Waals surface area contributed by atoms with Crippen LogP contribution in [0.3, 0.4) is 0 Å². The fourth-order valence-corrected chi connectivity index (χ4v) is 1.75. The number of carbonyl (C=O) groups excluding carboxylic acids is 1. The van der Waals surface area contributed by atoms with E-state index < -0.39 is 5.82 Å². The van der Waals surface area contributed by atoms with Gasteiger partial charge in [-0.05, 0) is 47.9 Å². The van der Waals surface area contributed by atoms with Gasteiger partial charge in [-0.1, -0.05) is 12.1 Å². The van der Waals surface area contributed by atoms with Crippen LogP contribution >= 0.6 is 0 Å². The van der Waals surface area contributed by atoms with Crippen molar-refractivity contribution in [2.45, 2.75) is 6.92 Å². The predicted octanol–water partition coefficient (Wildman–Crippen LogP) is 3.75. The van der Waals surface area contributed by atoms with Crippen LogP contribution in [0.25, 0.3) is 11.1 Å². The molecule has 0 heterocycles. The first kappa shape index (κ1) is 11.5. The molecule has 2 aromatic carbocycles. The maximum absolute atomic E-state index is 13.2. The largest absolute Gasteiger partial charge is 0.298 e. The summed E-state index contributed by atoms with van der Waals surface area (Å²) >= 11 is 0. The molecule has 17 heavy (non-hydrogen) atoms. The van der Waals surface area contributed by atoms with E-state index in [2.05, 4.69) is 0 Å². The molecule has 0 bridgehead atoms. The zero-order valence-corrected chi connectivity index (χ0v) is 9.21. The average Bonchev–Trinajstić information content (AvgIpc) is 2.30. The van der Waals surface area contributed by atoms with E-state index in [9.17, 15) is 13.6 Å². The van der Waals surface area contributed by atoms with Crippen LogP contribution in [-0.4, -0.2) is 6.29 Å². The SMILES string of the molecule is Cc1cc(F)ccc1-c1ccc(F)c(C=O)c1. The summed E-state index contributed by atoms with van der Waals surface area (Å²) in [5, 5.41) is 0. The smallest absolute Gasteiger partial charge is 0.153 e. The van der Waals surface area contributed by atoms with Gasteiger partial charge in [0.15, 0.2) is 6.29 Å². The lowest BCUT2D eigenvalue weighted by molar-refractivity contribution is 0.112. The van der Waals surface area contributed by atoms with Crippen molar-refractivity contribution in [3.8, 4) is 11.1 Å². The molecule has 0 atom stereocenters. The van der Waals surface area contributed by atoms with Crippen LogP contribution in [-0.2, 0) is 0 Å². The Morgan fingerprint density at radius 3 is 2.47 bits per heavy atom. The minimum absolute atomic E-state index is 0.00576. The Morgan fingerprint density at radius 1 is 1.06 bits per heavy atom. The van der Waals surface area contributed by atoms with Crippen LogP contribution in [0.5, 0.6) is 0 Å². The lowest BCUT2D eigenvalue weighted by Crippen LogP contribution is -1.90. The van der Waals surface area contributed by atoms with E-state index in [0.717, 1.165) is 11.1 Å². The Hall–Kier alpha value is -2.03. The minimum Gasteiger partial charge on any atom is -0.298 e. The highest BCUT2D eigenvalue weighted by atomic mass is 19.1. The van der Waals surface area contributed by atoms with Crippen LogP contribution < -0.4 is 0 Å². The highest BCUT2D eigenvalue weighted by Crippen LogP contribution is 2.25. The van der Waals surface area contributed by atoms with Crippen LogP contribution in [0.2, 0.25) is 0 Å². The van der Waals surface area contributed by atoms with Crippen molar-refractivity contribution in [3.05, 3.63) is 59.2 Å². The predicted molar refractivity (Wildman–Crippen MR) is 61.9 cm³/mol. The first-order valence-electron chi connectivity index (χ1n) is 5.13. The Labute approximate surface area is 97.7 Å². The molecule has 1 nitrogen and oxygen atoms in total. The molecule has 0 aliphatic carbocycles. The fraction of sp³-hybridized carbons (Fsp3) is 0.0714. The molecular weight excluding hydrogens is 222 g/mol. The molecule has 3 heteroatoms. The van der Waals surface area contributed by atoms with Crippen molar-refractivity contribution in [1.82, 2.24) is 0 Å². The Balaban J connectivity index is 2.56. The van der Waals surface area contributed by atoms with Crippen molar-refractivity contribution >= 4 is 6.29 Å².